The van der Waals surface area contributed by atoms with Gasteiger partial charge in [0.15, 0.2) is 17.5 Å². The number of hydrogen-bond donors (Lipinski definition) is 1. The van der Waals surface area contributed by atoms with Crippen LogP contribution in [0.3, 0.4) is 0 Å². The van der Waals surface area contributed by atoms with Crippen LogP contribution in [0.2, 0.25) is 0 Å². The first-order valence-corrected chi connectivity index (χ1v) is 8.83. The molecule has 1 aliphatic heterocycles. The average molecular weight is 363 g/mol. The first kappa shape index (κ1) is 19.9. The van der Waals surface area contributed by atoms with Gasteiger partial charge in [0, 0.05) is 20.1 Å². The second kappa shape index (κ2) is 9.31. The molecule has 0 saturated carbocycles. The molecular formula is C19H29N3O4. The number of benzene rings is 1. The average Bonchev–Trinajstić information content (AvgIpc) is 3.03. The van der Waals surface area contributed by atoms with Gasteiger partial charge < -0.3 is 24.4 Å². The zero-order chi connectivity index (χ0) is 19.1. The van der Waals surface area contributed by atoms with Crippen molar-refractivity contribution in [2.45, 2.75) is 20.0 Å². The number of aliphatic imine (C=N–C) groups is 1. The zero-order valence-corrected chi connectivity index (χ0v) is 16.2. The number of nitrogens with zero attached hydrogens (tertiary/aromatic N) is 2. The third-order valence-electron chi connectivity index (χ3n) is 4.57. The number of para-hydroxylation sites is 2. The number of hydrogen-bond acceptors (Lipinski definition) is 5. The number of likely N-dealkylation sites (tertiary alicyclic amines) is 1. The van der Waals surface area contributed by atoms with E-state index >= 15 is 0 Å². The molecule has 1 aromatic rings. The van der Waals surface area contributed by atoms with Crippen molar-refractivity contribution in [2.75, 3.05) is 40.9 Å². The first-order chi connectivity index (χ1) is 12.5. The SMILES string of the molecule is CN=C(NCC(C)Oc1ccccc1OC)N1CC(C)C(C(=O)OC)C1. The molecule has 1 saturated heterocycles. The summed E-state index contributed by atoms with van der Waals surface area (Å²) in [4.78, 5) is 18.3. The maximum Gasteiger partial charge on any atom is 0.310 e. The Balaban J connectivity index is 1.90. The van der Waals surface area contributed by atoms with E-state index in [-0.39, 0.29) is 23.9 Å². The summed E-state index contributed by atoms with van der Waals surface area (Å²) in [6.45, 7) is 5.99. The Bertz CT molecular complexity index is 635. The van der Waals surface area contributed by atoms with Gasteiger partial charge in [-0.2, -0.15) is 0 Å². The Hall–Kier alpha value is -2.44. The fourth-order valence-corrected chi connectivity index (χ4v) is 3.14. The summed E-state index contributed by atoms with van der Waals surface area (Å²) >= 11 is 0. The fourth-order valence-electron chi connectivity index (χ4n) is 3.14. The van der Waals surface area contributed by atoms with Gasteiger partial charge in [0.25, 0.3) is 0 Å². The van der Waals surface area contributed by atoms with Gasteiger partial charge in [0.2, 0.25) is 0 Å². The largest absolute Gasteiger partial charge is 0.493 e. The summed E-state index contributed by atoms with van der Waals surface area (Å²) in [5, 5.41) is 3.32. The quantitative estimate of drug-likeness (QED) is 0.472. The molecule has 0 aliphatic carbocycles. The molecule has 0 amide bonds. The molecule has 0 radical (unpaired) electrons. The summed E-state index contributed by atoms with van der Waals surface area (Å²) in [6, 6.07) is 7.57. The third kappa shape index (κ3) is 4.80. The Morgan fingerprint density at radius 1 is 1.31 bits per heavy atom. The van der Waals surface area contributed by atoms with Gasteiger partial charge >= 0.3 is 5.97 Å². The lowest BCUT2D eigenvalue weighted by Crippen LogP contribution is -2.44. The van der Waals surface area contributed by atoms with Crippen molar-refractivity contribution in [2.24, 2.45) is 16.8 Å². The second-order valence-corrected chi connectivity index (χ2v) is 6.52. The van der Waals surface area contributed by atoms with Crippen LogP contribution in [-0.2, 0) is 9.53 Å². The molecule has 1 fully saturated rings. The highest BCUT2D eigenvalue weighted by Crippen LogP contribution is 2.27. The summed E-state index contributed by atoms with van der Waals surface area (Å²) in [7, 11) is 4.80. The van der Waals surface area contributed by atoms with Crippen molar-refractivity contribution >= 4 is 11.9 Å². The minimum absolute atomic E-state index is 0.0838. The van der Waals surface area contributed by atoms with Crippen LogP contribution in [-0.4, -0.2) is 63.8 Å². The number of guanidine groups is 1. The molecule has 1 N–H and O–H groups in total. The monoisotopic (exact) mass is 363 g/mol. The van der Waals surface area contributed by atoms with E-state index in [1.165, 1.54) is 7.11 Å². The van der Waals surface area contributed by atoms with Gasteiger partial charge in [0.05, 0.1) is 26.7 Å². The van der Waals surface area contributed by atoms with Gasteiger partial charge in [-0.25, -0.2) is 0 Å². The van der Waals surface area contributed by atoms with Gasteiger partial charge in [-0.05, 0) is 25.0 Å². The zero-order valence-electron chi connectivity index (χ0n) is 16.2. The summed E-state index contributed by atoms with van der Waals surface area (Å²) in [5.41, 5.74) is 0. The minimum Gasteiger partial charge on any atom is -0.493 e. The molecule has 2 rings (SSSR count). The molecule has 1 aliphatic rings. The molecule has 1 aromatic carbocycles. The van der Waals surface area contributed by atoms with Gasteiger partial charge in [-0.1, -0.05) is 19.1 Å². The van der Waals surface area contributed by atoms with Crippen molar-refractivity contribution in [3.63, 3.8) is 0 Å². The molecule has 0 aromatic heterocycles. The number of esters is 1. The molecule has 3 unspecified atom stereocenters. The lowest BCUT2D eigenvalue weighted by Gasteiger charge is -2.24. The van der Waals surface area contributed by atoms with E-state index in [0.717, 1.165) is 12.5 Å². The Labute approximate surface area is 155 Å². The van der Waals surface area contributed by atoms with Crippen molar-refractivity contribution in [3.8, 4) is 11.5 Å². The highest BCUT2D eigenvalue weighted by Gasteiger charge is 2.36. The standard InChI is InChI=1S/C19H29N3O4/c1-13-11-22(12-15(13)18(23)25-5)19(20-3)21-10-14(2)26-17-9-7-6-8-16(17)24-4/h6-9,13-15H,10-12H2,1-5H3,(H,20,21). The van der Waals surface area contributed by atoms with Crippen molar-refractivity contribution < 1.29 is 19.0 Å². The summed E-state index contributed by atoms with van der Waals surface area (Å²) < 4.78 is 16.2. The topological polar surface area (TPSA) is 72.4 Å². The number of nitrogens with one attached hydrogen (secondary N) is 1. The maximum absolute atomic E-state index is 11.9. The van der Waals surface area contributed by atoms with E-state index in [1.807, 2.05) is 31.2 Å². The molecule has 0 bridgehead atoms. The molecule has 7 nitrogen and oxygen atoms in total. The summed E-state index contributed by atoms with van der Waals surface area (Å²) in [5.74, 6) is 2.11. The smallest absolute Gasteiger partial charge is 0.310 e. The molecule has 7 heteroatoms. The number of carbonyl (C=O) groups excluding carboxylic acids is 1. The predicted octanol–water partition coefficient (Wildman–Crippen LogP) is 1.78. The van der Waals surface area contributed by atoms with E-state index in [4.69, 9.17) is 14.2 Å². The normalized spacial score (nSPS) is 21.3. The molecule has 1 heterocycles. The maximum atomic E-state index is 11.9. The van der Waals surface area contributed by atoms with Gasteiger partial charge in [0.1, 0.15) is 6.10 Å². The Morgan fingerprint density at radius 3 is 2.62 bits per heavy atom. The molecular weight excluding hydrogens is 334 g/mol. The highest BCUT2D eigenvalue weighted by atomic mass is 16.5. The lowest BCUT2D eigenvalue weighted by molar-refractivity contribution is -0.145. The van der Waals surface area contributed by atoms with E-state index in [2.05, 4.69) is 22.1 Å². The number of methoxy groups -OCH3 is 2. The highest BCUT2D eigenvalue weighted by molar-refractivity contribution is 5.82. The van der Waals surface area contributed by atoms with E-state index in [0.29, 0.717) is 24.6 Å². The minimum atomic E-state index is -0.164. The van der Waals surface area contributed by atoms with Crippen LogP contribution in [0.5, 0.6) is 11.5 Å². The predicted molar refractivity (Wildman–Crippen MR) is 101 cm³/mol. The fraction of sp³-hybridized carbons (Fsp3) is 0.579. The molecule has 144 valence electrons. The van der Waals surface area contributed by atoms with E-state index in [1.54, 1.807) is 14.2 Å². The summed E-state index contributed by atoms with van der Waals surface area (Å²) in [6.07, 6.45) is -0.0838. The van der Waals surface area contributed by atoms with Crippen LogP contribution in [0, 0.1) is 11.8 Å². The third-order valence-corrected chi connectivity index (χ3v) is 4.57. The molecule has 3 atom stereocenters. The van der Waals surface area contributed by atoms with Crippen LogP contribution < -0.4 is 14.8 Å². The van der Waals surface area contributed by atoms with E-state index < -0.39 is 0 Å². The van der Waals surface area contributed by atoms with Crippen molar-refractivity contribution in [1.82, 2.24) is 10.2 Å². The number of ether oxygens (including phenoxy) is 3. The molecule has 26 heavy (non-hydrogen) atoms. The van der Waals surface area contributed by atoms with Crippen LogP contribution in [0.25, 0.3) is 0 Å². The second-order valence-electron chi connectivity index (χ2n) is 6.52. The lowest BCUT2D eigenvalue weighted by atomic mass is 9.99. The Morgan fingerprint density at radius 2 is 2.00 bits per heavy atom. The number of carbonyl (C=O) groups is 1. The van der Waals surface area contributed by atoms with E-state index in [9.17, 15) is 4.79 Å². The Kier molecular flexibility index (Phi) is 7.12. The van der Waals surface area contributed by atoms with Crippen LogP contribution in [0.1, 0.15) is 13.8 Å². The van der Waals surface area contributed by atoms with Crippen molar-refractivity contribution in [3.05, 3.63) is 24.3 Å². The molecule has 0 spiro atoms. The van der Waals surface area contributed by atoms with Gasteiger partial charge in [-0.15, -0.1) is 0 Å². The van der Waals surface area contributed by atoms with Crippen LogP contribution >= 0.6 is 0 Å². The first-order valence-electron chi connectivity index (χ1n) is 8.83. The number of rotatable bonds is 6. The van der Waals surface area contributed by atoms with Crippen LogP contribution in [0.15, 0.2) is 29.3 Å². The van der Waals surface area contributed by atoms with Gasteiger partial charge in [-0.3, -0.25) is 9.79 Å². The van der Waals surface area contributed by atoms with Crippen LogP contribution in [0.4, 0.5) is 0 Å². The van der Waals surface area contributed by atoms with Crippen molar-refractivity contribution in [1.29, 1.82) is 0 Å².